The lowest BCUT2D eigenvalue weighted by Gasteiger charge is -2.36. The van der Waals surface area contributed by atoms with Crippen LogP contribution >= 0.6 is 0 Å². The van der Waals surface area contributed by atoms with Gasteiger partial charge in [-0.15, -0.1) is 0 Å². The lowest BCUT2D eigenvalue weighted by molar-refractivity contribution is -0.141. The molecule has 0 atom stereocenters. The lowest BCUT2D eigenvalue weighted by atomic mass is 10.1. The summed E-state index contributed by atoms with van der Waals surface area (Å²) in [5.41, 5.74) is 6.03. The van der Waals surface area contributed by atoms with E-state index in [4.69, 9.17) is 14.8 Å². The normalized spacial score (nSPS) is 14.5. The molecule has 1 aliphatic rings. The van der Waals surface area contributed by atoms with Crippen LogP contribution in [0.25, 0.3) is 28.0 Å². The average molecular weight is 456 g/mol. The number of nitrogens with zero attached hydrogens (tertiary/aromatic N) is 5. The summed E-state index contributed by atoms with van der Waals surface area (Å²) in [4.78, 5) is 21.3. The molecule has 0 amide bonds. The Hall–Kier alpha value is -3.71. The van der Waals surface area contributed by atoms with Gasteiger partial charge in [0.2, 0.25) is 0 Å². The number of hydrogen-bond donors (Lipinski definition) is 0. The molecule has 1 saturated heterocycles. The van der Waals surface area contributed by atoms with Crippen molar-refractivity contribution in [3.05, 3.63) is 72.4 Å². The zero-order valence-corrected chi connectivity index (χ0v) is 19.6. The van der Waals surface area contributed by atoms with Gasteiger partial charge in [-0.2, -0.15) is 9.61 Å². The van der Waals surface area contributed by atoms with E-state index in [0.717, 1.165) is 72.3 Å². The van der Waals surface area contributed by atoms with Gasteiger partial charge in [0.15, 0.2) is 5.65 Å². The second-order valence-electron chi connectivity index (χ2n) is 8.58. The molecule has 0 bridgehead atoms. The summed E-state index contributed by atoms with van der Waals surface area (Å²) in [6.07, 6.45) is 0.424. The van der Waals surface area contributed by atoms with Gasteiger partial charge in [0, 0.05) is 49.9 Å². The maximum absolute atomic E-state index is 11.5. The molecule has 7 heteroatoms. The number of carbonyl (C=O) groups excluding carboxylic acids is 1. The second kappa shape index (κ2) is 9.65. The van der Waals surface area contributed by atoms with E-state index in [1.165, 1.54) is 7.11 Å². The number of aromatic nitrogens is 3. The second-order valence-corrected chi connectivity index (χ2v) is 8.58. The molecule has 2 aromatic heterocycles. The Morgan fingerprint density at radius 1 is 0.941 bits per heavy atom. The van der Waals surface area contributed by atoms with Crippen LogP contribution in [0.3, 0.4) is 0 Å². The van der Waals surface area contributed by atoms with Gasteiger partial charge in [-0.1, -0.05) is 60.7 Å². The minimum atomic E-state index is -0.161. The quantitative estimate of drug-likeness (QED) is 0.409. The molecule has 0 spiro atoms. The Labute approximate surface area is 199 Å². The Kier molecular flexibility index (Phi) is 6.27. The third-order valence-electron chi connectivity index (χ3n) is 6.43. The summed E-state index contributed by atoms with van der Waals surface area (Å²) in [6.45, 7) is 6.25. The first-order chi connectivity index (χ1) is 16.6. The predicted octanol–water partition coefficient (Wildman–Crippen LogP) is 4.06. The van der Waals surface area contributed by atoms with E-state index in [-0.39, 0.29) is 5.97 Å². The van der Waals surface area contributed by atoms with Crippen molar-refractivity contribution in [2.45, 2.75) is 13.3 Å². The minimum absolute atomic E-state index is 0.161. The van der Waals surface area contributed by atoms with Crippen molar-refractivity contribution in [3.8, 4) is 22.4 Å². The van der Waals surface area contributed by atoms with Crippen molar-refractivity contribution in [3.63, 3.8) is 0 Å². The Morgan fingerprint density at radius 2 is 1.59 bits per heavy atom. The van der Waals surface area contributed by atoms with E-state index < -0.39 is 0 Å². The van der Waals surface area contributed by atoms with Gasteiger partial charge in [-0.25, -0.2) is 4.98 Å². The zero-order valence-electron chi connectivity index (χ0n) is 19.6. The summed E-state index contributed by atoms with van der Waals surface area (Å²) in [5.74, 6) is 0.882. The molecule has 5 rings (SSSR count). The van der Waals surface area contributed by atoms with E-state index in [2.05, 4.69) is 40.1 Å². The highest BCUT2D eigenvalue weighted by Crippen LogP contribution is 2.32. The van der Waals surface area contributed by atoms with Crippen molar-refractivity contribution < 1.29 is 9.53 Å². The highest BCUT2D eigenvalue weighted by Gasteiger charge is 2.23. The minimum Gasteiger partial charge on any atom is -0.469 e. The summed E-state index contributed by atoms with van der Waals surface area (Å²) < 4.78 is 6.78. The first-order valence-corrected chi connectivity index (χ1v) is 11.7. The van der Waals surface area contributed by atoms with Crippen LogP contribution < -0.4 is 4.90 Å². The first kappa shape index (κ1) is 22.1. The van der Waals surface area contributed by atoms with Gasteiger partial charge in [-0.05, 0) is 12.5 Å². The van der Waals surface area contributed by atoms with E-state index in [1.807, 2.05) is 47.8 Å². The van der Waals surface area contributed by atoms with Crippen LogP contribution in [0.15, 0.2) is 66.7 Å². The molecule has 34 heavy (non-hydrogen) atoms. The molecule has 0 unspecified atom stereocenters. The fourth-order valence-electron chi connectivity index (χ4n) is 4.58. The number of carbonyl (C=O) groups is 1. The highest BCUT2D eigenvalue weighted by molar-refractivity contribution is 5.82. The van der Waals surface area contributed by atoms with Crippen molar-refractivity contribution in [2.24, 2.45) is 0 Å². The Morgan fingerprint density at radius 3 is 2.24 bits per heavy atom. The van der Waals surface area contributed by atoms with Crippen LogP contribution in [0.4, 0.5) is 5.82 Å². The topological polar surface area (TPSA) is 63.0 Å². The number of benzene rings is 2. The first-order valence-electron chi connectivity index (χ1n) is 11.7. The smallest absolute Gasteiger partial charge is 0.306 e. The number of esters is 1. The number of anilines is 1. The van der Waals surface area contributed by atoms with Crippen molar-refractivity contribution in [1.29, 1.82) is 0 Å². The van der Waals surface area contributed by atoms with E-state index in [9.17, 15) is 4.79 Å². The maximum atomic E-state index is 11.5. The van der Waals surface area contributed by atoms with Gasteiger partial charge in [0.1, 0.15) is 5.82 Å². The van der Waals surface area contributed by atoms with Crippen LogP contribution in [0.2, 0.25) is 0 Å². The highest BCUT2D eigenvalue weighted by atomic mass is 16.5. The summed E-state index contributed by atoms with van der Waals surface area (Å²) in [5, 5.41) is 4.93. The predicted molar refractivity (Wildman–Crippen MR) is 134 cm³/mol. The summed E-state index contributed by atoms with van der Waals surface area (Å²) in [6, 6.07) is 22.8. The summed E-state index contributed by atoms with van der Waals surface area (Å²) >= 11 is 0. The van der Waals surface area contributed by atoms with Gasteiger partial charge >= 0.3 is 5.97 Å². The molecular weight excluding hydrogens is 426 g/mol. The van der Waals surface area contributed by atoms with Crippen LogP contribution in [0.5, 0.6) is 0 Å². The number of aryl methyl sites for hydroxylation is 1. The standard InChI is InChI=1S/C27H29N5O2/c1-20-26(22-11-7-4-8-12-22)27-28-23(21-9-5-3-6-10-21)19-24(32(27)29-20)31-17-15-30(16-18-31)14-13-25(33)34-2/h3-12,19H,13-18H2,1-2H3. The van der Waals surface area contributed by atoms with E-state index >= 15 is 0 Å². The fraction of sp³-hybridized carbons (Fsp3) is 0.296. The van der Waals surface area contributed by atoms with Gasteiger partial charge in [0.25, 0.3) is 0 Å². The lowest BCUT2D eigenvalue weighted by Crippen LogP contribution is -2.47. The van der Waals surface area contributed by atoms with Gasteiger partial charge in [-0.3, -0.25) is 9.69 Å². The number of hydrogen-bond acceptors (Lipinski definition) is 6. The monoisotopic (exact) mass is 455 g/mol. The average Bonchev–Trinajstić information content (AvgIpc) is 3.23. The number of methoxy groups -OCH3 is 1. The molecule has 0 aliphatic carbocycles. The molecule has 0 saturated carbocycles. The maximum Gasteiger partial charge on any atom is 0.306 e. The molecule has 1 fully saturated rings. The third-order valence-corrected chi connectivity index (χ3v) is 6.43. The van der Waals surface area contributed by atoms with Crippen molar-refractivity contribution >= 4 is 17.4 Å². The number of ether oxygens (including phenoxy) is 1. The van der Waals surface area contributed by atoms with E-state index in [1.54, 1.807) is 0 Å². The number of fused-ring (bicyclic) bond motifs is 1. The third kappa shape index (κ3) is 4.39. The van der Waals surface area contributed by atoms with E-state index in [0.29, 0.717) is 6.42 Å². The molecule has 4 aromatic rings. The molecule has 0 N–H and O–H groups in total. The molecular formula is C27H29N5O2. The largest absolute Gasteiger partial charge is 0.469 e. The Bertz CT molecular complexity index is 1280. The molecule has 1 aliphatic heterocycles. The molecule has 3 heterocycles. The van der Waals surface area contributed by atoms with Crippen LogP contribution in [0, 0.1) is 6.92 Å². The Balaban J connectivity index is 1.53. The zero-order chi connectivity index (χ0) is 23.5. The van der Waals surface area contributed by atoms with Crippen LogP contribution in [0.1, 0.15) is 12.1 Å². The van der Waals surface area contributed by atoms with Crippen molar-refractivity contribution in [1.82, 2.24) is 19.5 Å². The van der Waals surface area contributed by atoms with Crippen molar-refractivity contribution in [2.75, 3.05) is 44.7 Å². The van der Waals surface area contributed by atoms with Gasteiger partial charge in [0.05, 0.1) is 24.9 Å². The van der Waals surface area contributed by atoms with Crippen LogP contribution in [-0.2, 0) is 9.53 Å². The molecule has 2 aromatic carbocycles. The van der Waals surface area contributed by atoms with Crippen LogP contribution in [-0.4, -0.2) is 65.3 Å². The summed E-state index contributed by atoms with van der Waals surface area (Å²) in [7, 11) is 1.44. The number of piperazine rings is 1. The molecule has 7 nitrogen and oxygen atoms in total. The number of rotatable bonds is 6. The fourth-order valence-corrected chi connectivity index (χ4v) is 4.58. The molecule has 0 radical (unpaired) electrons. The van der Waals surface area contributed by atoms with Gasteiger partial charge < -0.3 is 9.64 Å². The SMILES string of the molecule is COC(=O)CCN1CCN(c2cc(-c3ccccc3)nc3c(-c4ccccc4)c(C)nn23)CC1. The molecule has 174 valence electrons.